The zero-order valence-corrected chi connectivity index (χ0v) is 7.18. The van der Waals surface area contributed by atoms with Crippen molar-refractivity contribution >= 4 is 25.2 Å². The second-order valence-electron chi connectivity index (χ2n) is 3.15. The highest BCUT2D eigenvalue weighted by atomic mass is 32.1. The molecule has 0 saturated heterocycles. The van der Waals surface area contributed by atoms with Gasteiger partial charge in [0.1, 0.15) is 6.34 Å². The van der Waals surface area contributed by atoms with Crippen LogP contribution in [0.4, 0.5) is 0 Å². The van der Waals surface area contributed by atoms with Gasteiger partial charge in [-0.1, -0.05) is 13.8 Å². The Bertz CT molecular complexity index is 160. The van der Waals surface area contributed by atoms with Gasteiger partial charge in [0, 0.05) is 11.6 Å². The van der Waals surface area contributed by atoms with Crippen molar-refractivity contribution in [2.24, 2.45) is 15.4 Å². The van der Waals surface area contributed by atoms with Crippen LogP contribution in [0.25, 0.3) is 0 Å². The average molecular weight is 156 g/mol. The fourth-order valence-electron chi connectivity index (χ4n) is 0.766. The molecule has 2 nitrogen and oxygen atoms in total. The molecule has 1 heterocycles. The third-order valence-corrected chi connectivity index (χ3v) is 2.54. The standard InChI is InChI=1S/C7H12N2S/c1-7(2,4-10)6-3-8-5-9-6/h3,5-6,10H,4H2,1-2H3. The van der Waals surface area contributed by atoms with E-state index in [0.717, 1.165) is 5.75 Å². The molecular weight excluding hydrogens is 144 g/mol. The Hall–Kier alpha value is -0.310. The van der Waals surface area contributed by atoms with Crippen molar-refractivity contribution in [1.82, 2.24) is 0 Å². The molecule has 0 aliphatic carbocycles. The van der Waals surface area contributed by atoms with Gasteiger partial charge in [0.15, 0.2) is 0 Å². The first-order valence-corrected chi connectivity index (χ1v) is 3.96. The molecule has 0 bridgehead atoms. The Labute approximate surface area is 66.9 Å². The lowest BCUT2D eigenvalue weighted by molar-refractivity contribution is 0.402. The molecule has 56 valence electrons. The maximum absolute atomic E-state index is 4.24. The maximum Gasteiger partial charge on any atom is 0.110 e. The van der Waals surface area contributed by atoms with Crippen LogP contribution in [-0.2, 0) is 0 Å². The van der Waals surface area contributed by atoms with E-state index in [2.05, 4.69) is 36.5 Å². The molecular formula is C7H12N2S. The van der Waals surface area contributed by atoms with Crippen LogP contribution in [0.2, 0.25) is 0 Å². The molecule has 0 saturated carbocycles. The minimum atomic E-state index is 0.139. The molecule has 1 aliphatic heterocycles. The van der Waals surface area contributed by atoms with E-state index >= 15 is 0 Å². The van der Waals surface area contributed by atoms with Gasteiger partial charge in [-0.05, 0) is 5.75 Å². The largest absolute Gasteiger partial charge is 0.264 e. The molecule has 1 rings (SSSR count). The van der Waals surface area contributed by atoms with E-state index in [0.29, 0.717) is 0 Å². The van der Waals surface area contributed by atoms with Crippen molar-refractivity contribution in [3.63, 3.8) is 0 Å². The molecule has 0 N–H and O–H groups in total. The van der Waals surface area contributed by atoms with Gasteiger partial charge in [-0.2, -0.15) is 12.6 Å². The Kier molecular flexibility index (Phi) is 2.14. The average Bonchev–Trinajstić information content (AvgIpc) is 2.38. The maximum atomic E-state index is 4.24. The van der Waals surface area contributed by atoms with Gasteiger partial charge in [0.2, 0.25) is 0 Å². The summed E-state index contributed by atoms with van der Waals surface area (Å²) < 4.78 is 0. The first kappa shape index (κ1) is 7.79. The van der Waals surface area contributed by atoms with Gasteiger partial charge in [-0.25, -0.2) is 4.99 Å². The van der Waals surface area contributed by atoms with Crippen molar-refractivity contribution < 1.29 is 0 Å². The van der Waals surface area contributed by atoms with Crippen LogP contribution in [0.5, 0.6) is 0 Å². The Morgan fingerprint density at radius 1 is 1.60 bits per heavy atom. The predicted molar refractivity (Wildman–Crippen MR) is 48.4 cm³/mol. The zero-order chi connectivity index (χ0) is 7.61. The Balaban J connectivity index is 2.64. The van der Waals surface area contributed by atoms with E-state index < -0.39 is 0 Å². The predicted octanol–water partition coefficient (Wildman–Crippen LogP) is 1.42. The normalized spacial score (nSPS) is 24.1. The highest BCUT2D eigenvalue weighted by Gasteiger charge is 2.27. The fourth-order valence-corrected chi connectivity index (χ4v) is 0.953. The lowest BCUT2D eigenvalue weighted by Gasteiger charge is -2.24. The summed E-state index contributed by atoms with van der Waals surface area (Å²) in [6, 6.07) is 0.227. The molecule has 3 heteroatoms. The highest BCUT2D eigenvalue weighted by Crippen LogP contribution is 2.24. The van der Waals surface area contributed by atoms with Crippen LogP contribution < -0.4 is 0 Å². The number of hydrogen-bond acceptors (Lipinski definition) is 3. The van der Waals surface area contributed by atoms with Crippen molar-refractivity contribution in [1.29, 1.82) is 0 Å². The highest BCUT2D eigenvalue weighted by molar-refractivity contribution is 7.80. The monoisotopic (exact) mass is 156 g/mol. The molecule has 0 radical (unpaired) electrons. The molecule has 0 aromatic rings. The van der Waals surface area contributed by atoms with Crippen molar-refractivity contribution in [3.8, 4) is 0 Å². The summed E-state index contributed by atoms with van der Waals surface area (Å²) in [7, 11) is 0. The topological polar surface area (TPSA) is 24.7 Å². The quantitative estimate of drug-likeness (QED) is 0.585. The molecule has 0 aromatic heterocycles. The number of rotatable bonds is 2. The number of thiol groups is 1. The SMILES string of the molecule is CC(C)(CS)C1C=NC=N1. The van der Waals surface area contributed by atoms with Crippen molar-refractivity contribution in [3.05, 3.63) is 0 Å². The van der Waals surface area contributed by atoms with Gasteiger partial charge in [0.25, 0.3) is 0 Å². The first-order chi connectivity index (χ1) is 4.67. The van der Waals surface area contributed by atoms with Gasteiger partial charge >= 0.3 is 0 Å². The van der Waals surface area contributed by atoms with Crippen LogP contribution >= 0.6 is 12.6 Å². The minimum absolute atomic E-state index is 0.139. The van der Waals surface area contributed by atoms with Crippen LogP contribution in [0.3, 0.4) is 0 Å². The van der Waals surface area contributed by atoms with E-state index in [4.69, 9.17) is 0 Å². The summed E-state index contributed by atoms with van der Waals surface area (Å²) in [5.74, 6) is 0.834. The summed E-state index contributed by atoms with van der Waals surface area (Å²) >= 11 is 4.24. The van der Waals surface area contributed by atoms with E-state index in [9.17, 15) is 0 Å². The van der Waals surface area contributed by atoms with E-state index in [1.54, 1.807) is 6.34 Å². The lowest BCUT2D eigenvalue weighted by Crippen LogP contribution is -2.29. The molecule has 1 aliphatic rings. The number of aliphatic imine (C=N–C) groups is 2. The fraction of sp³-hybridized carbons (Fsp3) is 0.714. The summed E-state index contributed by atoms with van der Waals surface area (Å²) in [6.45, 7) is 4.28. The Morgan fingerprint density at radius 3 is 2.70 bits per heavy atom. The summed E-state index contributed by atoms with van der Waals surface area (Å²) in [5, 5.41) is 0. The molecule has 0 fully saturated rings. The molecule has 0 spiro atoms. The third kappa shape index (κ3) is 1.40. The van der Waals surface area contributed by atoms with Crippen molar-refractivity contribution in [2.45, 2.75) is 19.9 Å². The Morgan fingerprint density at radius 2 is 2.30 bits per heavy atom. The smallest absolute Gasteiger partial charge is 0.110 e. The van der Waals surface area contributed by atoms with E-state index in [1.165, 1.54) is 0 Å². The van der Waals surface area contributed by atoms with Gasteiger partial charge in [-0.3, -0.25) is 4.99 Å². The zero-order valence-electron chi connectivity index (χ0n) is 6.28. The number of nitrogens with zero attached hydrogens (tertiary/aromatic N) is 2. The first-order valence-electron chi connectivity index (χ1n) is 3.32. The third-order valence-electron chi connectivity index (χ3n) is 1.73. The van der Waals surface area contributed by atoms with Gasteiger partial charge in [-0.15, -0.1) is 0 Å². The molecule has 10 heavy (non-hydrogen) atoms. The second-order valence-corrected chi connectivity index (χ2v) is 3.47. The van der Waals surface area contributed by atoms with Crippen LogP contribution in [0.15, 0.2) is 9.98 Å². The summed E-state index contributed by atoms with van der Waals surface area (Å²) in [6.07, 6.45) is 3.48. The second kappa shape index (κ2) is 2.74. The molecule has 0 amide bonds. The van der Waals surface area contributed by atoms with E-state index in [-0.39, 0.29) is 11.5 Å². The summed E-state index contributed by atoms with van der Waals surface area (Å²) in [5.41, 5.74) is 0.139. The summed E-state index contributed by atoms with van der Waals surface area (Å²) in [4.78, 5) is 8.11. The van der Waals surface area contributed by atoms with Crippen molar-refractivity contribution in [2.75, 3.05) is 5.75 Å². The molecule has 0 aromatic carbocycles. The van der Waals surface area contributed by atoms with Crippen LogP contribution in [0, 0.1) is 5.41 Å². The van der Waals surface area contributed by atoms with Crippen LogP contribution in [0.1, 0.15) is 13.8 Å². The lowest BCUT2D eigenvalue weighted by atomic mass is 9.88. The number of hydrogen-bond donors (Lipinski definition) is 1. The van der Waals surface area contributed by atoms with Crippen LogP contribution in [-0.4, -0.2) is 24.3 Å². The van der Waals surface area contributed by atoms with Gasteiger partial charge in [0.05, 0.1) is 6.04 Å². The van der Waals surface area contributed by atoms with E-state index in [1.807, 2.05) is 6.21 Å². The molecule has 1 unspecified atom stereocenters. The van der Waals surface area contributed by atoms with Gasteiger partial charge < -0.3 is 0 Å². The minimum Gasteiger partial charge on any atom is -0.264 e. The molecule has 1 atom stereocenters.